The number of carbonyl (C=O) groups is 1. The van der Waals surface area contributed by atoms with Crippen molar-refractivity contribution < 1.29 is 4.79 Å². The van der Waals surface area contributed by atoms with E-state index in [1.54, 1.807) is 4.57 Å². The summed E-state index contributed by atoms with van der Waals surface area (Å²) in [7, 11) is 0. The first kappa shape index (κ1) is 19.9. The maximum absolute atomic E-state index is 13.0. The molecule has 1 saturated carbocycles. The molecule has 0 atom stereocenters. The zero-order valence-electron chi connectivity index (χ0n) is 16.3. The van der Waals surface area contributed by atoms with Crippen LogP contribution in [0.25, 0.3) is 10.2 Å². The molecule has 2 heterocycles. The van der Waals surface area contributed by atoms with Gasteiger partial charge in [0.2, 0.25) is 5.91 Å². The quantitative estimate of drug-likeness (QED) is 0.737. The van der Waals surface area contributed by atoms with Crippen molar-refractivity contribution in [2.45, 2.75) is 84.3 Å². The van der Waals surface area contributed by atoms with Crippen LogP contribution in [0.1, 0.15) is 63.9 Å². The molecule has 0 unspecified atom stereocenters. The summed E-state index contributed by atoms with van der Waals surface area (Å²) in [6.45, 7) is 4.42. The lowest BCUT2D eigenvalue weighted by Gasteiger charge is -2.23. The van der Waals surface area contributed by atoms with Crippen LogP contribution in [0.3, 0.4) is 0 Å². The Hall–Kier alpha value is -1.89. The molecule has 0 bridgehead atoms. The van der Waals surface area contributed by atoms with Gasteiger partial charge in [0, 0.05) is 12.6 Å². The molecule has 148 valence electrons. The van der Waals surface area contributed by atoms with Crippen molar-refractivity contribution in [2.24, 2.45) is 0 Å². The van der Waals surface area contributed by atoms with Crippen LogP contribution in [0.5, 0.6) is 0 Å². The molecule has 2 aromatic heterocycles. The molecule has 1 N–H and O–H groups in total. The maximum Gasteiger partial charge on any atom is 0.332 e. The molecule has 1 fully saturated rings. The molecular weight excluding hydrogens is 362 g/mol. The molecule has 0 saturated heterocycles. The van der Waals surface area contributed by atoms with Gasteiger partial charge >= 0.3 is 5.69 Å². The summed E-state index contributed by atoms with van der Waals surface area (Å²) in [6, 6.07) is 0.168. The van der Waals surface area contributed by atoms with Crippen molar-refractivity contribution in [2.75, 3.05) is 0 Å². The highest BCUT2D eigenvalue weighted by molar-refractivity contribution is 7.17. The third-order valence-corrected chi connectivity index (χ3v) is 6.45. The van der Waals surface area contributed by atoms with Gasteiger partial charge in [0.25, 0.3) is 5.56 Å². The van der Waals surface area contributed by atoms with E-state index < -0.39 is 0 Å². The molecule has 3 rings (SSSR count). The van der Waals surface area contributed by atoms with Gasteiger partial charge in [-0.1, -0.05) is 39.0 Å². The number of carbonyl (C=O) groups excluding carboxylic acids is 1. The Kier molecular flexibility index (Phi) is 6.52. The van der Waals surface area contributed by atoms with E-state index >= 15 is 0 Å². The van der Waals surface area contributed by atoms with Gasteiger partial charge in [-0.05, 0) is 37.1 Å². The van der Waals surface area contributed by atoms with E-state index in [9.17, 15) is 14.4 Å². The van der Waals surface area contributed by atoms with Crippen molar-refractivity contribution in [3.05, 3.63) is 31.8 Å². The van der Waals surface area contributed by atoms with Gasteiger partial charge in [0.1, 0.15) is 11.2 Å². The number of nitrogens with zero attached hydrogens (tertiary/aromatic N) is 2. The van der Waals surface area contributed by atoms with E-state index in [2.05, 4.69) is 12.2 Å². The number of aromatic nitrogens is 2. The number of amides is 1. The second-order valence-electron chi connectivity index (χ2n) is 7.53. The van der Waals surface area contributed by atoms with E-state index in [0.29, 0.717) is 11.2 Å². The molecule has 0 aromatic carbocycles. The van der Waals surface area contributed by atoms with Crippen LogP contribution in [0.15, 0.2) is 15.0 Å². The standard InChI is InChI=1S/C20H29N3O3S/c1-3-4-8-11-22-17-14(2)13-27-18(17)19(25)23(20(22)26)12-16(24)21-15-9-6-5-7-10-15/h13,15H,3-12H2,1-2H3,(H,21,24). The molecule has 0 spiro atoms. The Morgan fingerprint density at radius 2 is 1.93 bits per heavy atom. The van der Waals surface area contributed by atoms with Crippen LogP contribution in [-0.4, -0.2) is 21.1 Å². The van der Waals surface area contributed by atoms with Crippen LogP contribution >= 0.6 is 11.3 Å². The molecule has 7 heteroatoms. The normalized spacial score (nSPS) is 15.3. The van der Waals surface area contributed by atoms with E-state index in [1.165, 1.54) is 17.8 Å². The molecule has 1 amide bonds. The largest absolute Gasteiger partial charge is 0.352 e. The minimum atomic E-state index is -0.371. The van der Waals surface area contributed by atoms with Gasteiger partial charge in [0.15, 0.2) is 0 Å². The third-order valence-electron chi connectivity index (χ3n) is 5.37. The van der Waals surface area contributed by atoms with Crippen molar-refractivity contribution in [1.29, 1.82) is 0 Å². The SMILES string of the molecule is CCCCCn1c(=O)n(CC(=O)NC2CCCCC2)c(=O)c2scc(C)c21. The molecular formula is C20H29N3O3S. The van der Waals surface area contributed by atoms with Crippen molar-refractivity contribution in [3.63, 3.8) is 0 Å². The summed E-state index contributed by atoms with van der Waals surface area (Å²) in [5, 5.41) is 4.91. The number of unbranched alkanes of at least 4 members (excludes halogenated alkanes) is 2. The number of rotatable bonds is 7. The highest BCUT2D eigenvalue weighted by atomic mass is 32.1. The van der Waals surface area contributed by atoms with Gasteiger partial charge in [-0.15, -0.1) is 11.3 Å². The predicted octanol–water partition coefficient (Wildman–Crippen LogP) is 3.17. The van der Waals surface area contributed by atoms with Gasteiger partial charge < -0.3 is 5.32 Å². The van der Waals surface area contributed by atoms with Crippen molar-refractivity contribution >= 4 is 27.5 Å². The molecule has 1 aliphatic carbocycles. The molecule has 0 radical (unpaired) electrons. The minimum Gasteiger partial charge on any atom is -0.352 e. The number of aryl methyl sites for hydroxylation is 2. The first-order valence-electron chi connectivity index (χ1n) is 10.0. The average molecular weight is 392 g/mol. The number of thiophene rings is 1. The molecule has 0 aliphatic heterocycles. The average Bonchev–Trinajstić information content (AvgIpc) is 3.04. The van der Waals surface area contributed by atoms with Gasteiger partial charge in [-0.3, -0.25) is 14.2 Å². The van der Waals surface area contributed by atoms with E-state index in [4.69, 9.17) is 0 Å². The predicted molar refractivity (Wildman–Crippen MR) is 110 cm³/mol. The number of hydrogen-bond donors (Lipinski definition) is 1. The van der Waals surface area contributed by atoms with Crippen LogP contribution in [0, 0.1) is 6.92 Å². The topological polar surface area (TPSA) is 73.1 Å². The van der Waals surface area contributed by atoms with E-state index in [-0.39, 0.29) is 29.7 Å². The Labute approximate surface area is 163 Å². The Morgan fingerprint density at radius 1 is 1.19 bits per heavy atom. The fourth-order valence-electron chi connectivity index (χ4n) is 3.91. The zero-order valence-corrected chi connectivity index (χ0v) is 17.1. The van der Waals surface area contributed by atoms with Crippen molar-refractivity contribution in [1.82, 2.24) is 14.5 Å². The number of hydrogen-bond acceptors (Lipinski definition) is 4. The fraction of sp³-hybridized carbons (Fsp3) is 0.650. The molecule has 27 heavy (non-hydrogen) atoms. The number of fused-ring (bicyclic) bond motifs is 1. The lowest BCUT2D eigenvalue weighted by molar-refractivity contribution is -0.122. The molecule has 1 aliphatic rings. The Morgan fingerprint density at radius 3 is 2.63 bits per heavy atom. The third kappa shape index (κ3) is 4.34. The summed E-state index contributed by atoms with van der Waals surface area (Å²) < 4.78 is 3.36. The van der Waals surface area contributed by atoms with Gasteiger partial charge in [-0.25, -0.2) is 9.36 Å². The van der Waals surface area contributed by atoms with E-state index in [0.717, 1.165) is 60.6 Å². The van der Waals surface area contributed by atoms with Gasteiger partial charge in [0.05, 0.1) is 5.52 Å². The van der Waals surface area contributed by atoms with Gasteiger partial charge in [-0.2, -0.15) is 0 Å². The summed E-state index contributed by atoms with van der Waals surface area (Å²) >= 11 is 1.35. The minimum absolute atomic E-state index is 0.168. The zero-order chi connectivity index (χ0) is 19.4. The summed E-state index contributed by atoms with van der Waals surface area (Å²) in [4.78, 5) is 38.4. The van der Waals surface area contributed by atoms with Crippen LogP contribution in [0.2, 0.25) is 0 Å². The first-order chi connectivity index (χ1) is 13.0. The van der Waals surface area contributed by atoms with Crippen LogP contribution in [-0.2, 0) is 17.9 Å². The maximum atomic E-state index is 13.0. The Balaban J connectivity index is 1.91. The lowest BCUT2D eigenvalue weighted by Crippen LogP contribution is -2.45. The highest BCUT2D eigenvalue weighted by Gasteiger charge is 2.20. The van der Waals surface area contributed by atoms with Crippen LogP contribution in [0.4, 0.5) is 0 Å². The second-order valence-corrected chi connectivity index (χ2v) is 8.41. The fourth-order valence-corrected chi connectivity index (χ4v) is 4.91. The first-order valence-corrected chi connectivity index (χ1v) is 10.9. The second kappa shape index (κ2) is 8.87. The summed E-state index contributed by atoms with van der Waals surface area (Å²) in [5.41, 5.74) is 0.956. The molecule has 2 aromatic rings. The smallest absolute Gasteiger partial charge is 0.332 e. The van der Waals surface area contributed by atoms with E-state index in [1.807, 2.05) is 12.3 Å². The lowest BCUT2D eigenvalue weighted by atomic mass is 9.95. The summed E-state index contributed by atoms with van der Waals surface area (Å²) in [6.07, 6.45) is 8.37. The van der Waals surface area contributed by atoms with Crippen molar-refractivity contribution in [3.8, 4) is 0 Å². The highest BCUT2D eigenvalue weighted by Crippen LogP contribution is 2.21. The number of nitrogens with one attached hydrogen (secondary N) is 1. The monoisotopic (exact) mass is 391 g/mol. The molecule has 6 nitrogen and oxygen atoms in total. The summed E-state index contributed by atoms with van der Waals surface area (Å²) in [5.74, 6) is -0.242. The van der Waals surface area contributed by atoms with Crippen LogP contribution < -0.4 is 16.6 Å². The Bertz CT molecular complexity index is 919.